The molecule has 0 bridgehead atoms. The van der Waals surface area contributed by atoms with E-state index < -0.39 is 69.6 Å². The van der Waals surface area contributed by atoms with Gasteiger partial charge in [0.25, 0.3) is 0 Å². The quantitative estimate of drug-likeness (QED) is 0.303. The lowest BCUT2D eigenvalue weighted by Gasteiger charge is -2.39. The number of piperazine rings is 1. The molecule has 0 spiro atoms. The summed E-state index contributed by atoms with van der Waals surface area (Å²) >= 11 is 0. The van der Waals surface area contributed by atoms with Crippen molar-refractivity contribution in [2.75, 3.05) is 26.5 Å². The molecule has 1 saturated heterocycles. The molecule has 1 fully saturated rings. The number of hydrogen-bond donors (Lipinski definition) is 2. The smallest absolute Gasteiger partial charge is 0.407 e. The Hall–Kier alpha value is -3.88. The third kappa shape index (κ3) is 8.44. The van der Waals surface area contributed by atoms with Gasteiger partial charge in [0.15, 0.2) is 5.78 Å². The maximum Gasteiger partial charge on any atom is 0.407 e. The molecule has 4 rings (SSSR count). The van der Waals surface area contributed by atoms with Crippen molar-refractivity contribution >= 4 is 21.9 Å². The van der Waals surface area contributed by atoms with E-state index in [0.717, 1.165) is 43.8 Å². The molecule has 1 aliphatic rings. The molecule has 2 aromatic carbocycles. The highest BCUT2D eigenvalue weighted by Gasteiger charge is 2.36. The summed E-state index contributed by atoms with van der Waals surface area (Å²) in [5, 5.41) is 5.62. The van der Waals surface area contributed by atoms with Crippen LogP contribution in [0.1, 0.15) is 41.5 Å². The zero-order valence-electron chi connectivity index (χ0n) is 24.9. The number of amides is 1. The zero-order valence-corrected chi connectivity index (χ0v) is 25.7. The standard InChI is InChI=1S/C31H34F4N4O5S/c1-18-14-36-16-25(39(18)45(3,42)43)8-9-26-21(15-37-17-27(26)35)12-28(40)30(38-31(41)44-2)29(19-4-6-22(32)7-5-19)20-10-23(33)13-24(34)11-20/h4-7,10-11,13,15,17-18,25,29-30,36H,8-9,12,14,16H2,1-3H3,(H,38,41)/t18-,25-,29-,30+/m0/s1. The first-order chi connectivity index (χ1) is 21.3. The van der Waals surface area contributed by atoms with E-state index in [1.807, 2.05) is 0 Å². The van der Waals surface area contributed by atoms with Crippen LogP contribution in [0, 0.1) is 23.3 Å². The number of hydrogen-bond acceptors (Lipinski definition) is 7. The highest BCUT2D eigenvalue weighted by Crippen LogP contribution is 2.32. The Morgan fingerprint density at radius 1 is 1.02 bits per heavy atom. The van der Waals surface area contributed by atoms with Crippen LogP contribution in [0.5, 0.6) is 0 Å². The molecule has 1 amide bonds. The van der Waals surface area contributed by atoms with Gasteiger partial charge in [0.05, 0.1) is 19.6 Å². The van der Waals surface area contributed by atoms with E-state index in [1.54, 1.807) is 6.92 Å². The molecular weight excluding hydrogens is 616 g/mol. The Balaban J connectivity index is 1.70. The number of ether oxygens (including phenoxy) is 1. The first kappa shape index (κ1) is 34.0. The molecule has 1 aromatic heterocycles. The van der Waals surface area contributed by atoms with Crippen LogP contribution in [0.3, 0.4) is 0 Å². The van der Waals surface area contributed by atoms with Crippen LogP contribution < -0.4 is 10.6 Å². The number of pyridine rings is 1. The van der Waals surface area contributed by atoms with Crippen LogP contribution >= 0.6 is 0 Å². The van der Waals surface area contributed by atoms with Crippen LogP contribution in [0.15, 0.2) is 54.9 Å². The van der Waals surface area contributed by atoms with E-state index in [9.17, 15) is 31.2 Å². The van der Waals surface area contributed by atoms with Gasteiger partial charge in [-0.1, -0.05) is 12.1 Å². The monoisotopic (exact) mass is 650 g/mol. The summed E-state index contributed by atoms with van der Waals surface area (Å²) in [7, 11) is -2.49. The fraction of sp³-hybridized carbons (Fsp3) is 0.387. The predicted molar refractivity (Wildman–Crippen MR) is 158 cm³/mol. The number of carbonyl (C=O) groups excluding carboxylic acids is 2. The Morgan fingerprint density at radius 3 is 2.31 bits per heavy atom. The first-order valence-electron chi connectivity index (χ1n) is 14.2. The van der Waals surface area contributed by atoms with E-state index in [1.165, 1.54) is 22.6 Å². The number of alkyl carbamates (subject to hydrolysis) is 1. The third-order valence-electron chi connectivity index (χ3n) is 7.80. The van der Waals surface area contributed by atoms with Crippen molar-refractivity contribution in [3.63, 3.8) is 0 Å². The summed E-state index contributed by atoms with van der Waals surface area (Å²) in [5.74, 6) is -5.06. The van der Waals surface area contributed by atoms with Gasteiger partial charge in [-0.15, -0.1) is 0 Å². The lowest BCUT2D eigenvalue weighted by atomic mass is 9.81. The Labute approximate surface area is 259 Å². The number of benzene rings is 2. The summed E-state index contributed by atoms with van der Waals surface area (Å²) < 4.78 is 88.9. The Morgan fingerprint density at radius 2 is 1.69 bits per heavy atom. The number of ketones is 1. The molecule has 3 aromatic rings. The Bertz CT molecular complexity index is 1620. The van der Waals surface area contributed by atoms with Crippen molar-refractivity contribution in [3.05, 3.63) is 100 Å². The molecule has 0 unspecified atom stereocenters. The highest BCUT2D eigenvalue weighted by molar-refractivity contribution is 7.88. The van der Waals surface area contributed by atoms with Crippen LogP contribution in [0.2, 0.25) is 0 Å². The van der Waals surface area contributed by atoms with Gasteiger partial charge in [0.2, 0.25) is 10.0 Å². The minimum atomic E-state index is -3.56. The number of aromatic nitrogens is 1. The largest absolute Gasteiger partial charge is 0.453 e. The number of sulfonamides is 1. The third-order valence-corrected chi connectivity index (χ3v) is 9.22. The van der Waals surface area contributed by atoms with E-state index in [0.29, 0.717) is 19.2 Å². The SMILES string of the molecule is COC(=O)N[C@H](C(=O)Cc1cncc(F)c1CC[C@H]1CNC[C@H](C)N1S(C)(=O)=O)[C@@H](c1ccc(F)cc1)c1cc(F)cc(F)c1. The van der Waals surface area contributed by atoms with E-state index in [2.05, 4.69) is 15.6 Å². The van der Waals surface area contributed by atoms with Crippen molar-refractivity contribution in [2.24, 2.45) is 0 Å². The van der Waals surface area contributed by atoms with Gasteiger partial charge in [-0.3, -0.25) is 9.78 Å². The van der Waals surface area contributed by atoms with Crippen molar-refractivity contribution in [2.45, 2.75) is 50.2 Å². The first-order valence-corrected chi connectivity index (χ1v) is 16.0. The van der Waals surface area contributed by atoms with Gasteiger partial charge in [0.1, 0.15) is 29.3 Å². The second kappa shape index (κ2) is 14.5. The van der Waals surface area contributed by atoms with E-state index >= 15 is 4.39 Å². The second-order valence-electron chi connectivity index (χ2n) is 11.0. The van der Waals surface area contributed by atoms with Gasteiger partial charge < -0.3 is 15.4 Å². The number of halogens is 4. The topological polar surface area (TPSA) is 118 Å². The molecule has 242 valence electrons. The summed E-state index contributed by atoms with van der Waals surface area (Å²) in [6.07, 6.45) is 2.23. The predicted octanol–water partition coefficient (Wildman–Crippen LogP) is 3.86. The summed E-state index contributed by atoms with van der Waals surface area (Å²) in [6.45, 7) is 2.59. The molecule has 9 nitrogen and oxygen atoms in total. The molecule has 45 heavy (non-hydrogen) atoms. The van der Waals surface area contributed by atoms with Crippen LogP contribution in [-0.2, 0) is 32.4 Å². The molecule has 0 saturated carbocycles. The van der Waals surface area contributed by atoms with Gasteiger partial charge in [0, 0.05) is 49.8 Å². The normalized spacial score (nSPS) is 18.6. The average Bonchev–Trinajstić information content (AvgIpc) is 2.96. The molecule has 0 radical (unpaired) electrons. The minimum absolute atomic E-state index is 0.0220. The number of carbonyl (C=O) groups is 2. The van der Waals surface area contributed by atoms with Gasteiger partial charge in [-0.05, 0) is 66.3 Å². The van der Waals surface area contributed by atoms with Crippen molar-refractivity contribution < 1.29 is 40.3 Å². The van der Waals surface area contributed by atoms with Crippen LogP contribution in [0.4, 0.5) is 22.4 Å². The van der Waals surface area contributed by atoms with Crippen LogP contribution in [-0.4, -0.2) is 74.2 Å². The van der Waals surface area contributed by atoms with Crippen molar-refractivity contribution in [1.29, 1.82) is 0 Å². The molecule has 0 aliphatic carbocycles. The maximum atomic E-state index is 15.2. The van der Waals surface area contributed by atoms with Gasteiger partial charge in [-0.2, -0.15) is 4.31 Å². The zero-order chi connectivity index (χ0) is 32.9. The fourth-order valence-electron chi connectivity index (χ4n) is 5.91. The second-order valence-corrected chi connectivity index (χ2v) is 12.9. The molecule has 2 heterocycles. The van der Waals surface area contributed by atoms with Gasteiger partial charge in [-0.25, -0.2) is 30.8 Å². The van der Waals surface area contributed by atoms with Crippen molar-refractivity contribution in [1.82, 2.24) is 19.9 Å². The number of rotatable bonds is 11. The lowest BCUT2D eigenvalue weighted by Crippen LogP contribution is -2.58. The van der Waals surface area contributed by atoms with Crippen molar-refractivity contribution in [3.8, 4) is 0 Å². The summed E-state index contributed by atoms with van der Waals surface area (Å²) in [4.78, 5) is 30.3. The molecule has 14 heteroatoms. The molecular formula is C31H34F4N4O5S. The summed E-state index contributed by atoms with van der Waals surface area (Å²) in [6, 6.07) is 5.21. The molecule has 1 aliphatic heterocycles. The van der Waals surface area contributed by atoms with E-state index in [4.69, 9.17) is 4.74 Å². The number of nitrogens with one attached hydrogen (secondary N) is 2. The van der Waals surface area contributed by atoms with Gasteiger partial charge >= 0.3 is 6.09 Å². The maximum absolute atomic E-state index is 15.2. The Kier molecular flexibility index (Phi) is 10.9. The number of Topliss-reactive ketones (excluding diaryl/α,β-unsaturated/α-hetero) is 1. The number of nitrogens with zero attached hydrogens (tertiary/aromatic N) is 2. The summed E-state index contributed by atoms with van der Waals surface area (Å²) in [5.41, 5.74) is 0.555. The molecule has 4 atom stereocenters. The lowest BCUT2D eigenvalue weighted by molar-refractivity contribution is -0.120. The minimum Gasteiger partial charge on any atom is -0.453 e. The highest BCUT2D eigenvalue weighted by atomic mass is 32.2. The van der Waals surface area contributed by atoms with Crippen LogP contribution in [0.25, 0.3) is 0 Å². The number of methoxy groups -OCH3 is 1. The fourth-order valence-corrected chi connectivity index (χ4v) is 7.36. The van der Waals surface area contributed by atoms with E-state index in [-0.39, 0.29) is 41.1 Å². The molecule has 2 N–H and O–H groups in total. The average molecular weight is 651 g/mol.